The van der Waals surface area contributed by atoms with E-state index in [0.717, 1.165) is 37.3 Å². The zero-order chi connectivity index (χ0) is 16.1. The lowest BCUT2D eigenvalue weighted by atomic mass is 10.1. The Hall–Kier alpha value is -1.70. The minimum Gasteiger partial charge on any atom is -0.376 e. The van der Waals surface area contributed by atoms with Gasteiger partial charge >= 0.3 is 0 Å². The Labute approximate surface area is 139 Å². The zero-order valence-electron chi connectivity index (χ0n) is 13.1. The van der Waals surface area contributed by atoms with Crippen LogP contribution >= 0.6 is 11.3 Å². The van der Waals surface area contributed by atoms with Crippen LogP contribution in [-0.4, -0.2) is 41.3 Å². The molecule has 1 saturated heterocycles. The number of carbonyl (C=O) groups excluding carboxylic acids is 1. The summed E-state index contributed by atoms with van der Waals surface area (Å²) in [4.78, 5) is 19.7. The fourth-order valence-electron chi connectivity index (χ4n) is 2.42. The number of aromatic nitrogens is 2. The summed E-state index contributed by atoms with van der Waals surface area (Å²) in [6.45, 7) is 2.99. The van der Waals surface area contributed by atoms with Crippen LogP contribution in [0, 0.1) is 0 Å². The molecule has 0 aromatic carbocycles. The first-order chi connectivity index (χ1) is 11.2. The molecule has 3 rings (SSSR count). The van der Waals surface area contributed by atoms with Gasteiger partial charge in [0.05, 0.1) is 24.1 Å². The summed E-state index contributed by atoms with van der Waals surface area (Å²) in [5, 5.41) is 5.28. The second-order valence-electron chi connectivity index (χ2n) is 5.58. The first-order valence-corrected chi connectivity index (χ1v) is 8.73. The highest BCUT2D eigenvalue weighted by Crippen LogP contribution is 2.23. The van der Waals surface area contributed by atoms with Gasteiger partial charge in [0.2, 0.25) is 0 Å². The molecular weight excluding hydrogens is 314 g/mol. The summed E-state index contributed by atoms with van der Waals surface area (Å²) < 4.78 is 11.2. The maximum atomic E-state index is 12.2. The fourth-order valence-corrected chi connectivity index (χ4v) is 3.13. The number of hydrogen-bond donors (Lipinski definition) is 2. The van der Waals surface area contributed by atoms with Gasteiger partial charge in [0.1, 0.15) is 6.10 Å². The standard InChI is InChI=1S/C16H21N3O3S/c1-11(22-9-12-5-2-3-8-21-12)15(20)19-16-18-14(10-23-16)13-6-4-7-17-13/h4,6-7,10-12,17H,2-3,5,8-9H2,1H3,(H,18,19,20)/t11-,12-/m0/s1. The molecule has 1 amide bonds. The van der Waals surface area contributed by atoms with E-state index in [0.29, 0.717) is 11.7 Å². The van der Waals surface area contributed by atoms with Gasteiger partial charge in [0, 0.05) is 18.2 Å². The van der Waals surface area contributed by atoms with Crippen LogP contribution < -0.4 is 5.32 Å². The minimum absolute atomic E-state index is 0.110. The fraction of sp³-hybridized carbons (Fsp3) is 0.500. The summed E-state index contributed by atoms with van der Waals surface area (Å²) in [6, 6.07) is 3.85. The average molecular weight is 335 g/mol. The van der Waals surface area contributed by atoms with Crippen LogP contribution in [0.4, 0.5) is 5.13 Å². The highest BCUT2D eigenvalue weighted by molar-refractivity contribution is 7.14. The van der Waals surface area contributed by atoms with E-state index < -0.39 is 6.10 Å². The molecule has 0 saturated carbocycles. The molecule has 0 spiro atoms. The van der Waals surface area contributed by atoms with Crippen molar-refractivity contribution < 1.29 is 14.3 Å². The van der Waals surface area contributed by atoms with Gasteiger partial charge in [0.25, 0.3) is 5.91 Å². The number of nitrogens with zero attached hydrogens (tertiary/aromatic N) is 1. The monoisotopic (exact) mass is 335 g/mol. The van der Waals surface area contributed by atoms with Crippen LogP contribution in [0.2, 0.25) is 0 Å². The molecule has 2 aromatic rings. The molecule has 1 fully saturated rings. The van der Waals surface area contributed by atoms with E-state index in [1.165, 1.54) is 11.3 Å². The molecule has 3 heterocycles. The predicted octanol–water partition coefficient (Wildman–Crippen LogP) is 3.05. The molecule has 2 N–H and O–H groups in total. The Bertz CT molecular complexity index is 620. The van der Waals surface area contributed by atoms with E-state index in [4.69, 9.17) is 9.47 Å². The first-order valence-electron chi connectivity index (χ1n) is 7.86. The molecular formula is C16H21N3O3S. The molecule has 0 aliphatic carbocycles. The topological polar surface area (TPSA) is 76.2 Å². The molecule has 1 aliphatic rings. The van der Waals surface area contributed by atoms with Gasteiger partial charge in [0.15, 0.2) is 5.13 Å². The predicted molar refractivity (Wildman–Crippen MR) is 89.5 cm³/mol. The summed E-state index contributed by atoms with van der Waals surface area (Å²) in [5.74, 6) is -0.187. The second-order valence-corrected chi connectivity index (χ2v) is 6.43. The van der Waals surface area contributed by atoms with Gasteiger partial charge in [-0.2, -0.15) is 0 Å². The maximum absolute atomic E-state index is 12.2. The molecule has 0 bridgehead atoms. The summed E-state index contributed by atoms with van der Waals surface area (Å²) in [6.07, 6.45) is 4.70. The van der Waals surface area contributed by atoms with Crippen molar-refractivity contribution in [1.82, 2.24) is 9.97 Å². The lowest BCUT2D eigenvalue weighted by Crippen LogP contribution is -2.32. The second kappa shape index (κ2) is 7.72. The Morgan fingerprint density at radius 3 is 3.26 bits per heavy atom. The van der Waals surface area contributed by atoms with E-state index in [1.54, 1.807) is 6.92 Å². The first kappa shape index (κ1) is 16.2. The van der Waals surface area contributed by atoms with Crippen molar-refractivity contribution in [3.63, 3.8) is 0 Å². The Morgan fingerprint density at radius 1 is 1.61 bits per heavy atom. The third kappa shape index (κ3) is 4.40. The van der Waals surface area contributed by atoms with Crippen molar-refractivity contribution in [2.75, 3.05) is 18.5 Å². The van der Waals surface area contributed by atoms with Gasteiger partial charge in [-0.1, -0.05) is 0 Å². The maximum Gasteiger partial charge on any atom is 0.254 e. The van der Waals surface area contributed by atoms with E-state index in [1.807, 2.05) is 23.7 Å². The van der Waals surface area contributed by atoms with Crippen molar-refractivity contribution in [3.05, 3.63) is 23.7 Å². The number of carbonyl (C=O) groups is 1. The van der Waals surface area contributed by atoms with Crippen LogP contribution in [-0.2, 0) is 14.3 Å². The molecule has 6 nitrogen and oxygen atoms in total. The van der Waals surface area contributed by atoms with Crippen LogP contribution in [0.5, 0.6) is 0 Å². The minimum atomic E-state index is -0.529. The lowest BCUT2D eigenvalue weighted by molar-refractivity contribution is -0.130. The zero-order valence-corrected chi connectivity index (χ0v) is 13.9. The van der Waals surface area contributed by atoms with Crippen molar-refractivity contribution in [1.29, 1.82) is 0 Å². The number of hydrogen-bond acceptors (Lipinski definition) is 5. The van der Waals surface area contributed by atoms with Gasteiger partial charge < -0.3 is 14.5 Å². The number of thiazole rings is 1. The van der Waals surface area contributed by atoms with Crippen molar-refractivity contribution in [3.8, 4) is 11.4 Å². The Morgan fingerprint density at radius 2 is 2.52 bits per heavy atom. The van der Waals surface area contributed by atoms with Crippen LogP contribution in [0.1, 0.15) is 26.2 Å². The molecule has 0 radical (unpaired) electrons. The van der Waals surface area contributed by atoms with Gasteiger partial charge in [-0.3, -0.25) is 10.1 Å². The lowest BCUT2D eigenvalue weighted by Gasteiger charge is -2.23. The van der Waals surface area contributed by atoms with Crippen LogP contribution in [0.3, 0.4) is 0 Å². The summed E-state index contributed by atoms with van der Waals surface area (Å²) in [5.41, 5.74) is 1.75. The van der Waals surface area contributed by atoms with Crippen LogP contribution in [0.15, 0.2) is 23.7 Å². The molecule has 124 valence electrons. The number of H-pyrrole nitrogens is 1. The van der Waals surface area contributed by atoms with Gasteiger partial charge in [-0.05, 0) is 38.3 Å². The van der Waals surface area contributed by atoms with Crippen molar-refractivity contribution in [2.24, 2.45) is 0 Å². The van der Waals surface area contributed by atoms with Gasteiger partial charge in [-0.15, -0.1) is 11.3 Å². The Balaban J connectivity index is 1.48. The SMILES string of the molecule is C[C@H](OC[C@@H]1CCCCO1)C(=O)Nc1nc(-c2ccc[nH]2)cs1. The third-order valence-corrected chi connectivity index (χ3v) is 4.54. The normalized spacial score (nSPS) is 19.4. The smallest absolute Gasteiger partial charge is 0.254 e. The highest BCUT2D eigenvalue weighted by Gasteiger charge is 2.19. The summed E-state index contributed by atoms with van der Waals surface area (Å²) >= 11 is 1.40. The Kier molecular flexibility index (Phi) is 5.43. The third-order valence-electron chi connectivity index (χ3n) is 3.78. The number of ether oxygens (including phenoxy) is 2. The molecule has 7 heteroatoms. The van der Waals surface area contributed by atoms with E-state index >= 15 is 0 Å². The van der Waals surface area contributed by atoms with Crippen molar-refractivity contribution in [2.45, 2.75) is 38.4 Å². The number of aromatic amines is 1. The summed E-state index contributed by atoms with van der Waals surface area (Å²) in [7, 11) is 0. The molecule has 1 aliphatic heterocycles. The average Bonchev–Trinajstić information content (AvgIpc) is 3.24. The number of rotatable bonds is 6. The molecule has 0 unspecified atom stereocenters. The van der Waals surface area contributed by atoms with E-state index in [-0.39, 0.29) is 12.0 Å². The van der Waals surface area contributed by atoms with Gasteiger partial charge in [-0.25, -0.2) is 4.98 Å². The van der Waals surface area contributed by atoms with E-state index in [2.05, 4.69) is 15.3 Å². The highest BCUT2D eigenvalue weighted by atomic mass is 32.1. The molecule has 2 aromatic heterocycles. The quantitative estimate of drug-likeness (QED) is 0.851. The number of nitrogens with one attached hydrogen (secondary N) is 2. The number of anilines is 1. The molecule has 2 atom stereocenters. The van der Waals surface area contributed by atoms with E-state index in [9.17, 15) is 4.79 Å². The molecule has 23 heavy (non-hydrogen) atoms. The van der Waals surface area contributed by atoms with Crippen LogP contribution in [0.25, 0.3) is 11.4 Å². The number of amides is 1. The largest absolute Gasteiger partial charge is 0.376 e. The van der Waals surface area contributed by atoms with Crippen molar-refractivity contribution >= 4 is 22.4 Å².